The third kappa shape index (κ3) is 11.4. The minimum Gasteiger partial charge on any atom is -0.483 e. The summed E-state index contributed by atoms with van der Waals surface area (Å²) in [4.78, 5) is 73.8. The maximum atomic E-state index is 15.1. The molecule has 3 heterocycles. The number of hydrogen-bond donors (Lipinski definition) is 3. The van der Waals surface area contributed by atoms with Crippen molar-refractivity contribution in [1.82, 2.24) is 30.7 Å². The van der Waals surface area contributed by atoms with Gasteiger partial charge in [0.2, 0.25) is 17.7 Å². The van der Waals surface area contributed by atoms with Crippen LogP contribution in [0.3, 0.4) is 0 Å². The second-order valence-corrected chi connectivity index (χ2v) is 13.9. The quantitative estimate of drug-likeness (QED) is 0.435. The minimum atomic E-state index is -3.43. The molecule has 2 aliphatic rings. The summed E-state index contributed by atoms with van der Waals surface area (Å²) in [6, 6.07) is 2.46. The van der Waals surface area contributed by atoms with E-state index in [4.69, 9.17) is 4.74 Å². The van der Waals surface area contributed by atoms with Crippen molar-refractivity contribution in [2.24, 2.45) is 5.92 Å². The van der Waals surface area contributed by atoms with Crippen LogP contribution < -0.4 is 20.7 Å². The Hall–Kier alpha value is -4.69. The topological polar surface area (TPSA) is 150 Å². The van der Waals surface area contributed by atoms with Crippen LogP contribution in [-0.4, -0.2) is 102 Å². The number of amides is 5. The molecule has 2 aromatic rings. The molecule has 52 heavy (non-hydrogen) atoms. The van der Waals surface area contributed by atoms with Crippen LogP contribution in [0.1, 0.15) is 81.1 Å². The number of benzene rings is 1. The van der Waals surface area contributed by atoms with Gasteiger partial charge in [-0.2, -0.15) is 0 Å². The Morgan fingerprint density at radius 2 is 1.65 bits per heavy atom. The van der Waals surface area contributed by atoms with Crippen molar-refractivity contribution in [1.29, 1.82) is 0 Å². The average Bonchev–Trinajstić information content (AvgIpc) is 3.43. The fraction of sp³-hybridized carbons (Fsp3) is 0.568. The zero-order valence-electron chi connectivity index (χ0n) is 30.0. The van der Waals surface area contributed by atoms with Gasteiger partial charge in [0.1, 0.15) is 29.7 Å². The van der Waals surface area contributed by atoms with E-state index in [-0.39, 0.29) is 30.1 Å². The monoisotopic (exact) mass is 730 g/mol. The number of fused-ring (bicyclic) bond motifs is 2. The number of likely N-dealkylation sites (N-methyl/N-ethyl adjacent to an activating group) is 1. The van der Waals surface area contributed by atoms with Crippen molar-refractivity contribution < 1.29 is 41.9 Å². The Balaban J connectivity index is 1.66. The molecule has 4 rings (SSSR count). The normalized spacial score (nSPS) is 23.4. The maximum absolute atomic E-state index is 15.1. The summed E-state index contributed by atoms with van der Waals surface area (Å²) in [7, 11) is 1.36. The number of ether oxygens (including phenoxy) is 1. The van der Waals surface area contributed by atoms with Crippen LogP contribution in [0.4, 0.5) is 13.2 Å². The predicted molar refractivity (Wildman–Crippen MR) is 186 cm³/mol. The Morgan fingerprint density at radius 1 is 0.962 bits per heavy atom. The third-order valence-electron chi connectivity index (χ3n) is 9.19. The summed E-state index contributed by atoms with van der Waals surface area (Å²) in [6.07, 6.45) is 7.13. The average molecular weight is 731 g/mol. The molecule has 1 saturated heterocycles. The Labute approximate surface area is 302 Å². The molecule has 0 bridgehead atoms. The predicted octanol–water partition coefficient (Wildman–Crippen LogP) is 3.64. The minimum absolute atomic E-state index is 0.0230. The molecule has 284 valence electrons. The number of hydrogen-bond acceptors (Lipinski definition) is 7. The standard InChI is InChI=1S/C37H49F3N6O6/c1-24(2)17-28-35(50)46-23-37(39,40)20-30(46)36(51)45(3)29(18-25-11-10-14-41-21-25)34(49)43-16-9-7-5-4-6-8-15-42-32(47)22-52-31-19-26(38)12-13-27(31)33(48)44-28/h10-14,19,21,24,28-30H,4-9,15-18,20,22-23H2,1-3H3,(H,42,47)(H,43,49)(H,44,48)/t28-,29+,30-/m1/s1. The molecule has 1 fully saturated rings. The highest BCUT2D eigenvalue weighted by atomic mass is 19.3. The van der Waals surface area contributed by atoms with Gasteiger partial charge in [-0.3, -0.25) is 29.0 Å². The molecule has 0 unspecified atom stereocenters. The smallest absolute Gasteiger partial charge is 0.267 e. The van der Waals surface area contributed by atoms with Crippen LogP contribution in [0.2, 0.25) is 0 Å². The lowest BCUT2D eigenvalue weighted by Crippen LogP contribution is -2.57. The summed E-state index contributed by atoms with van der Waals surface area (Å²) < 4.78 is 50.1. The van der Waals surface area contributed by atoms with Gasteiger partial charge in [-0.25, -0.2) is 13.2 Å². The molecule has 3 atom stereocenters. The number of carbonyl (C=O) groups is 5. The van der Waals surface area contributed by atoms with E-state index in [1.165, 1.54) is 7.05 Å². The van der Waals surface area contributed by atoms with Crippen LogP contribution in [-0.2, 0) is 25.6 Å². The summed E-state index contributed by atoms with van der Waals surface area (Å²) in [5.74, 6) is -8.15. The van der Waals surface area contributed by atoms with E-state index in [1.807, 2.05) is 0 Å². The van der Waals surface area contributed by atoms with E-state index in [0.29, 0.717) is 25.1 Å². The summed E-state index contributed by atoms with van der Waals surface area (Å²) in [6.45, 7) is 2.72. The van der Waals surface area contributed by atoms with E-state index >= 15 is 8.78 Å². The second-order valence-electron chi connectivity index (χ2n) is 13.9. The molecule has 0 radical (unpaired) electrons. The van der Waals surface area contributed by atoms with Crippen molar-refractivity contribution in [3.8, 4) is 5.75 Å². The van der Waals surface area contributed by atoms with Crippen molar-refractivity contribution in [2.75, 3.05) is 33.3 Å². The molecule has 5 amide bonds. The number of alkyl halides is 2. The van der Waals surface area contributed by atoms with E-state index in [0.717, 1.165) is 60.1 Å². The molecule has 1 aromatic heterocycles. The number of aromatic nitrogens is 1. The van der Waals surface area contributed by atoms with Gasteiger partial charge in [0.25, 0.3) is 17.7 Å². The lowest BCUT2D eigenvalue weighted by Gasteiger charge is -2.34. The Kier molecular flexibility index (Phi) is 14.4. The number of nitrogens with one attached hydrogen (secondary N) is 3. The molecule has 0 saturated carbocycles. The second kappa shape index (κ2) is 18.7. The first kappa shape index (κ1) is 40.1. The first-order chi connectivity index (χ1) is 24.8. The van der Waals surface area contributed by atoms with Crippen LogP contribution >= 0.6 is 0 Å². The first-order valence-electron chi connectivity index (χ1n) is 17.9. The van der Waals surface area contributed by atoms with E-state index < -0.39 is 79.0 Å². The lowest BCUT2D eigenvalue weighted by atomic mass is 10.0. The van der Waals surface area contributed by atoms with Gasteiger partial charge in [-0.1, -0.05) is 45.6 Å². The van der Waals surface area contributed by atoms with Crippen molar-refractivity contribution in [3.63, 3.8) is 0 Å². The van der Waals surface area contributed by atoms with Gasteiger partial charge in [-0.05, 0) is 48.9 Å². The largest absolute Gasteiger partial charge is 0.483 e. The van der Waals surface area contributed by atoms with Gasteiger partial charge in [0, 0.05) is 51.4 Å². The molecule has 15 heteroatoms. The first-order valence-corrected chi connectivity index (χ1v) is 17.9. The SMILES string of the molecule is CC(C)C[C@H]1NC(=O)c2ccc(F)cc2OCC(=O)NCCCCCCCCNC(=O)[C@H](Cc2cccnc2)N(C)C(=O)[C@H]2CC(F)(F)CN2C1=O. The number of halogens is 3. The van der Waals surface area contributed by atoms with Gasteiger partial charge >= 0.3 is 0 Å². The highest BCUT2D eigenvalue weighted by Crippen LogP contribution is 2.34. The molecule has 12 nitrogen and oxygen atoms in total. The van der Waals surface area contributed by atoms with Gasteiger partial charge in [-0.15, -0.1) is 0 Å². The van der Waals surface area contributed by atoms with Crippen LogP contribution in [0.5, 0.6) is 5.75 Å². The van der Waals surface area contributed by atoms with Crippen molar-refractivity contribution >= 4 is 29.5 Å². The summed E-state index contributed by atoms with van der Waals surface area (Å²) in [5.41, 5.74) is 0.473. The molecule has 2 aliphatic heterocycles. The van der Waals surface area contributed by atoms with Gasteiger partial charge in [0.15, 0.2) is 6.61 Å². The highest BCUT2D eigenvalue weighted by Gasteiger charge is 2.52. The van der Waals surface area contributed by atoms with E-state index in [2.05, 4.69) is 20.9 Å². The van der Waals surface area contributed by atoms with Gasteiger partial charge < -0.3 is 30.5 Å². The Morgan fingerprint density at radius 3 is 2.33 bits per heavy atom. The fourth-order valence-electron chi connectivity index (χ4n) is 6.45. The van der Waals surface area contributed by atoms with Crippen LogP contribution in [0, 0.1) is 11.7 Å². The van der Waals surface area contributed by atoms with Crippen molar-refractivity contribution in [3.05, 3.63) is 59.7 Å². The zero-order chi connectivity index (χ0) is 37.8. The molecule has 1 aromatic carbocycles. The third-order valence-corrected chi connectivity index (χ3v) is 9.19. The van der Waals surface area contributed by atoms with E-state index in [1.54, 1.807) is 38.4 Å². The lowest BCUT2D eigenvalue weighted by molar-refractivity contribution is -0.147. The molecule has 3 N–H and O–H groups in total. The zero-order valence-corrected chi connectivity index (χ0v) is 30.0. The molecule has 0 aliphatic carbocycles. The Bertz CT molecular complexity index is 1560. The summed E-state index contributed by atoms with van der Waals surface area (Å²) >= 11 is 0. The van der Waals surface area contributed by atoms with Gasteiger partial charge in [0.05, 0.1) is 12.1 Å². The summed E-state index contributed by atoms with van der Waals surface area (Å²) in [5, 5.41) is 8.20. The van der Waals surface area contributed by atoms with E-state index in [9.17, 15) is 28.4 Å². The number of carbonyl (C=O) groups excluding carboxylic acids is 5. The number of rotatable bonds is 4. The maximum Gasteiger partial charge on any atom is 0.267 e. The number of nitrogens with zero attached hydrogens (tertiary/aromatic N) is 3. The highest BCUT2D eigenvalue weighted by molar-refractivity contribution is 6.00. The van der Waals surface area contributed by atoms with Crippen molar-refractivity contribution in [2.45, 2.75) is 95.7 Å². The number of pyridine rings is 1. The van der Waals surface area contributed by atoms with Crippen LogP contribution in [0.25, 0.3) is 0 Å². The molecule has 0 spiro atoms. The molecular weight excluding hydrogens is 681 g/mol. The molecular formula is C37H49F3N6O6. The fourth-order valence-corrected chi connectivity index (χ4v) is 6.45. The van der Waals surface area contributed by atoms with Crippen LogP contribution in [0.15, 0.2) is 42.7 Å².